The molecule has 0 aromatic heterocycles. The molecule has 7 heteroatoms. The van der Waals surface area contributed by atoms with Crippen LogP contribution in [0.1, 0.15) is 11.1 Å². The molecular weight excluding hydrogens is 374 g/mol. The van der Waals surface area contributed by atoms with Gasteiger partial charge in [-0.1, -0.05) is 12.1 Å². The molecule has 2 aromatic carbocycles. The van der Waals surface area contributed by atoms with Gasteiger partial charge in [-0.05, 0) is 51.3 Å². The molecule has 0 heterocycles. The number of amides is 1. The third kappa shape index (κ3) is 4.73. The molecule has 126 valence electrons. The van der Waals surface area contributed by atoms with Crippen LogP contribution in [0, 0.1) is 0 Å². The first kappa shape index (κ1) is 17.8. The smallest absolute Gasteiger partial charge is 0.244 e. The number of nitrogens with two attached hydrogens (primary N) is 1. The Bertz CT molecular complexity index is 745. The van der Waals surface area contributed by atoms with Crippen molar-refractivity contribution in [3.63, 3.8) is 0 Å². The monoisotopic (exact) mass is 391 g/mol. The summed E-state index contributed by atoms with van der Waals surface area (Å²) in [4.78, 5) is 11.9. The van der Waals surface area contributed by atoms with Crippen LogP contribution in [-0.2, 0) is 11.2 Å². The number of carbonyl (C=O) groups is 1. The van der Waals surface area contributed by atoms with E-state index < -0.39 is 0 Å². The van der Waals surface area contributed by atoms with E-state index in [1.54, 1.807) is 32.4 Å². The number of benzene rings is 2. The molecule has 0 spiro atoms. The van der Waals surface area contributed by atoms with Gasteiger partial charge in [0.1, 0.15) is 0 Å². The predicted octanol–water partition coefficient (Wildman–Crippen LogP) is 2.74. The maximum absolute atomic E-state index is 11.9. The number of carbonyl (C=O) groups excluding carboxylic acids is 1. The summed E-state index contributed by atoms with van der Waals surface area (Å²) in [6, 6.07) is 10.7. The standard InChI is InChI=1S/C17H18BrN3O3/c1-23-15-8-12(7-14(18)17(15)24-2)10-20-21-16(22)9-11-3-5-13(19)6-4-11/h3-8,10H,9,19H2,1-2H3,(H,21,22)/b20-10-. The highest BCUT2D eigenvalue weighted by Gasteiger charge is 2.09. The Labute approximate surface area is 148 Å². The Morgan fingerprint density at radius 2 is 1.96 bits per heavy atom. The lowest BCUT2D eigenvalue weighted by molar-refractivity contribution is -0.120. The fourth-order valence-electron chi connectivity index (χ4n) is 2.05. The molecule has 6 nitrogen and oxygen atoms in total. The second-order valence-electron chi connectivity index (χ2n) is 4.95. The fraction of sp³-hybridized carbons (Fsp3) is 0.176. The van der Waals surface area contributed by atoms with Gasteiger partial charge in [0.2, 0.25) is 5.91 Å². The van der Waals surface area contributed by atoms with Crippen molar-refractivity contribution in [2.45, 2.75) is 6.42 Å². The minimum Gasteiger partial charge on any atom is -0.493 e. The van der Waals surface area contributed by atoms with E-state index in [9.17, 15) is 4.79 Å². The van der Waals surface area contributed by atoms with Crippen LogP contribution in [0.4, 0.5) is 5.69 Å². The lowest BCUT2D eigenvalue weighted by Crippen LogP contribution is -2.19. The van der Waals surface area contributed by atoms with Gasteiger partial charge in [-0.2, -0.15) is 5.10 Å². The van der Waals surface area contributed by atoms with Gasteiger partial charge in [-0.25, -0.2) is 5.43 Å². The highest BCUT2D eigenvalue weighted by Crippen LogP contribution is 2.35. The van der Waals surface area contributed by atoms with Gasteiger partial charge < -0.3 is 15.2 Å². The van der Waals surface area contributed by atoms with Crippen molar-refractivity contribution < 1.29 is 14.3 Å². The van der Waals surface area contributed by atoms with Crippen LogP contribution >= 0.6 is 15.9 Å². The maximum atomic E-state index is 11.9. The summed E-state index contributed by atoms with van der Waals surface area (Å²) in [6.45, 7) is 0. The predicted molar refractivity (Wildman–Crippen MR) is 97.5 cm³/mol. The van der Waals surface area contributed by atoms with Gasteiger partial charge in [-0.3, -0.25) is 4.79 Å². The molecule has 0 atom stereocenters. The number of rotatable bonds is 6. The van der Waals surface area contributed by atoms with Crippen LogP contribution in [0.3, 0.4) is 0 Å². The zero-order valence-corrected chi connectivity index (χ0v) is 15.0. The largest absolute Gasteiger partial charge is 0.493 e. The van der Waals surface area contributed by atoms with Crippen molar-refractivity contribution in [1.29, 1.82) is 0 Å². The molecule has 0 saturated heterocycles. The average molecular weight is 392 g/mol. The number of anilines is 1. The Balaban J connectivity index is 1.99. The molecule has 0 aliphatic carbocycles. The van der Waals surface area contributed by atoms with Crippen LogP contribution in [0.15, 0.2) is 46.0 Å². The molecule has 0 aliphatic rings. The summed E-state index contributed by atoms with van der Waals surface area (Å²) in [5.74, 6) is 0.958. The van der Waals surface area contributed by atoms with Crippen LogP contribution < -0.4 is 20.6 Å². The Morgan fingerprint density at radius 1 is 1.25 bits per heavy atom. The van der Waals surface area contributed by atoms with E-state index in [-0.39, 0.29) is 12.3 Å². The topological polar surface area (TPSA) is 85.9 Å². The summed E-state index contributed by atoms with van der Waals surface area (Å²) in [6.07, 6.45) is 1.76. The minimum atomic E-state index is -0.212. The number of ether oxygens (including phenoxy) is 2. The Kier molecular flexibility index (Phi) is 6.20. The van der Waals surface area contributed by atoms with Gasteiger partial charge >= 0.3 is 0 Å². The number of nitrogens with one attached hydrogen (secondary N) is 1. The molecule has 3 N–H and O–H groups in total. The zero-order chi connectivity index (χ0) is 17.5. The van der Waals surface area contributed by atoms with Crippen molar-refractivity contribution in [1.82, 2.24) is 5.43 Å². The van der Waals surface area contributed by atoms with Crippen molar-refractivity contribution in [3.8, 4) is 11.5 Å². The molecule has 1 amide bonds. The van der Waals surface area contributed by atoms with E-state index in [1.165, 1.54) is 6.21 Å². The molecule has 0 fully saturated rings. The summed E-state index contributed by atoms with van der Waals surface area (Å²) in [7, 11) is 3.12. The van der Waals surface area contributed by atoms with E-state index in [1.807, 2.05) is 18.2 Å². The van der Waals surface area contributed by atoms with Gasteiger partial charge in [0.15, 0.2) is 11.5 Å². The normalized spacial score (nSPS) is 10.6. The molecule has 0 saturated carbocycles. The van der Waals surface area contributed by atoms with E-state index >= 15 is 0 Å². The van der Waals surface area contributed by atoms with Crippen LogP contribution in [0.25, 0.3) is 0 Å². The van der Waals surface area contributed by atoms with Gasteiger partial charge in [0.05, 0.1) is 31.3 Å². The molecule has 0 radical (unpaired) electrons. The summed E-state index contributed by atoms with van der Waals surface area (Å²) < 4.78 is 11.2. The second kappa shape index (κ2) is 8.35. The molecule has 0 unspecified atom stereocenters. The number of halogens is 1. The summed E-state index contributed by atoms with van der Waals surface area (Å²) >= 11 is 3.41. The number of nitrogen functional groups attached to an aromatic ring is 1. The van der Waals surface area contributed by atoms with Crippen LogP contribution in [-0.4, -0.2) is 26.3 Å². The molecule has 0 aliphatic heterocycles. The number of hydrogen-bond donors (Lipinski definition) is 2. The number of methoxy groups -OCH3 is 2. The lowest BCUT2D eigenvalue weighted by Gasteiger charge is -2.10. The third-order valence-corrected chi connectivity index (χ3v) is 3.79. The van der Waals surface area contributed by atoms with E-state index in [0.29, 0.717) is 17.2 Å². The first-order chi connectivity index (χ1) is 11.5. The van der Waals surface area contributed by atoms with Crippen molar-refractivity contribution in [2.75, 3.05) is 20.0 Å². The highest BCUT2D eigenvalue weighted by atomic mass is 79.9. The first-order valence-electron chi connectivity index (χ1n) is 7.11. The van der Waals surface area contributed by atoms with Crippen molar-refractivity contribution in [2.24, 2.45) is 5.10 Å². The number of nitrogens with zero attached hydrogens (tertiary/aromatic N) is 1. The minimum absolute atomic E-state index is 0.212. The van der Waals surface area contributed by atoms with Crippen molar-refractivity contribution in [3.05, 3.63) is 52.0 Å². The lowest BCUT2D eigenvalue weighted by atomic mass is 10.1. The average Bonchev–Trinajstić information content (AvgIpc) is 2.56. The van der Waals surface area contributed by atoms with E-state index in [2.05, 4.69) is 26.5 Å². The molecule has 0 bridgehead atoms. The Morgan fingerprint density at radius 3 is 2.58 bits per heavy atom. The fourth-order valence-corrected chi connectivity index (χ4v) is 2.67. The third-order valence-electron chi connectivity index (χ3n) is 3.20. The zero-order valence-electron chi connectivity index (χ0n) is 13.4. The van der Waals surface area contributed by atoms with E-state index in [0.717, 1.165) is 15.6 Å². The van der Waals surface area contributed by atoms with Gasteiger partial charge in [-0.15, -0.1) is 0 Å². The Hall–Kier alpha value is -2.54. The first-order valence-corrected chi connectivity index (χ1v) is 7.90. The van der Waals surface area contributed by atoms with Crippen LogP contribution in [0.5, 0.6) is 11.5 Å². The number of hydrazone groups is 1. The summed E-state index contributed by atoms with van der Waals surface area (Å²) in [5.41, 5.74) is 10.4. The van der Waals surface area contributed by atoms with E-state index in [4.69, 9.17) is 15.2 Å². The quantitative estimate of drug-likeness (QED) is 0.450. The van der Waals surface area contributed by atoms with Crippen LogP contribution in [0.2, 0.25) is 0 Å². The van der Waals surface area contributed by atoms with Crippen molar-refractivity contribution >= 4 is 33.7 Å². The molecule has 2 rings (SSSR count). The van der Waals surface area contributed by atoms with Gasteiger partial charge in [0.25, 0.3) is 0 Å². The maximum Gasteiger partial charge on any atom is 0.244 e. The summed E-state index contributed by atoms with van der Waals surface area (Å²) in [5, 5.41) is 3.96. The molecule has 2 aromatic rings. The molecule has 24 heavy (non-hydrogen) atoms. The second-order valence-corrected chi connectivity index (χ2v) is 5.80. The SMILES string of the molecule is COc1cc(/C=N\NC(=O)Cc2ccc(N)cc2)cc(Br)c1OC. The number of hydrogen-bond acceptors (Lipinski definition) is 5. The molecular formula is C17H18BrN3O3. The van der Waals surface area contributed by atoms with Gasteiger partial charge in [0, 0.05) is 5.69 Å². The highest BCUT2D eigenvalue weighted by molar-refractivity contribution is 9.10.